The molecule has 8 nitrogen and oxygen atoms in total. The van der Waals surface area contributed by atoms with Crippen LogP contribution in [0, 0.1) is 5.82 Å². The van der Waals surface area contributed by atoms with E-state index in [1.807, 2.05) is 0 Å². The molecule has 1 atom stereocenters. The van der Waals surface area contributed by atoms with E-state index in [9.17, 15) is 18.8 Å². The van der Waals surface area contributed by atoms with E-state index in [0.29, 0.717) is 17.9 Å². The van der Waals surface area contributed by atoms with E-state index >= 15 is 0 Å². The molecule has 1 aromatic heterocycles. The van der Waals surface area contributed by atoms with Crippen molar-refractivity contribution in [2.24, 2.45) is 0 Å². The molecule has 0 spiro atoms. The van der Waals surface area contributed by atoms with E-state index in [2.05, 4.69) is 9.97 Å². The van der Waals surface area contributed by atoms with Crippen molar-refractivity contribution in [2.45, 2.75) is 25.8 Å². The largest absolute Gasteiger partial charge is 0.465 e. The van der Waals surface area contributed by atoms with Gasteiger partial charge in [0.1, 0.15) is 11.6 Å². The van der Waals surface area contributed by atoms with Gasteiger partial charge in [-0.1, -0.05) is 0 Å². The molecule has 0 saturated carbocycles. The van der Waals surface area contributed by atoms with Gasteiger partial charge in [0.25, 0.3) is 5.56 Å². The van der Waals surface area contributed by atoms with Crippen LogP contribution in [0.2, 0.25) is 0 Å². The number of aromatic nitrogens is 2. The number of benzene rings is 1. The van der Waals surface area contributed by atoms with Crippen molar-refractivity contribution in [3.8, 4) is 0 Å². The van der Waals surface area contributed by atoms with Crippen molar-refractivity contribution in [3.05, 3.63) is 40.2 Å². The summed E-state index contributed by atoms with van der Waals surface area (Å²) in [5.41, 5.74) is -0.0681. The quantitative estimate of drug-likeness (QED) is 0.853. The Morgan fingerprint density at radius 3 is 2.85 bits per heavy atom. The summed E-state index contributed by atoms with van der Waals surface area (Å²) in [5, 5.41) is 9.18. The first-order valence-corrected chi connectivity index (χ1v) is 8.31. The molecule has 0 bridgehead atoms. The molecule has 2 heterocycles. The molecule has 1 saturated heterocycles. The highest BCUT2D eigenvalue weighted by molar-refractivity contribution is 5.78. The Kier molecular flexibility index (Phi) is 4.88. The second-order valence-electron chi connectivity index (χ2n) is 6.34. The second-order valence-corrected chi connectivity index (χ2v) is 6.34. The number of carbonyl (C=O) groups excluding carboxylic acids is 1. The average molecular weight is 362 g/mol. The monoisotopic (exact) mass is 362 g/mol. The lowest BCUT2D eigenvalue weighted by Gasteiger charge is -2.38. The Labute approximate surface area is 148 Å². The minimum absolute atomic E-state index is 0.121. The molecule has 3 rings (SSSR count). The van der Waals surface area contributed by atoms with Crippen LogP contribution in [-0.2, 0) is 11.2 Å². The number of nitrogens with zero attached hydrogens (tertiary/aromatic N) is 3. The molecule has 0 aliphatic carbocycles. The van der Waals surface area contributed by atoms with Gasteiger partial charge in [0.2, 0.25) is 5.91 Å². The molecule has 1 fully saturated rings. The summed E-state index contributed by atoms with van der Waals surface area (Å²) in [7, 11) is 0. The van der Waals surface area contributed by atoms with E-state index in [0.717, 1.165) is 6.07 Å². The second kappa shape index (κ2) is 7.11. The van der Waals surface area contributed by atoms with Gasteiger partial charge in [-0.05, 0) is 25.1 Å². The molecule has 26 heavy (non-hydrogen) atoms. The molecule has 9 heteroatoms. The van der Waals surface area contributed by atoms with Gasteiger partial charge in [-0.2, -0.15) is 0 Å². The van der Waals surface area contributed by atoms with Crippen LogP contribution in [0.15, 0.2) is 23.0 Å². The predicted octanol–water partition coefficient (Wildman–Crippen LogP) is 1.21. The lowest BCUT2D eigenvalue weighted by molar-refractivity contribution is -0.135. The van der Waals surface area contributed by atoms with Gasteiger partial charge >= 0.3 is 6.09 Å². The molecule has 1 aliphatic heterocycles. The SMILES string of the molecule is C[C@H]1CN(C(=O)O)CCN1C(=O)CCc1nc2ccc(F)cc2c(=O)[nH]1. The van der Waals surface area contributed by atoms with Crippen LogP contribution in [-0.4, -0.2) is 62.6 Å². The molecule has 138 valence electrons. The van der Waals surface area contributed by atoms with Gasteiger partial charge < -0.3 is 19.9 Å². The first-order valence-electron chi connectivity index (χ1n) is 8.31. The summed E-state index contributed by atoms with van der Waals surface area (Å²) in [4.78, 5) is 45.3. The Balaban J connectivity index is 1.66. The zero-order valence-electron chi connectivity index (χ0n) is 14.2. The number of rotatable bonds is 3. The number of halogens is 1. The van der Waals surface area contributed by atoms with Gasteiger partial charge in [0, 0.05) is 38.5 Å². The van der Waals surface area contributed by atoms with Gasteiger partial charge in [-0.25, -0.2) is 14.2 Å². The highest BCUT2D eigenvalue weighted by Crippen LogP contribution is 2.13. The maximum absolute atomic E-state index is 13.2. The fourth-order valence-electron chi connectivity index (χ4n) is 3.15. The van der Waals surface area contributed by atoms with Crippen molar-refractivity contribution in [1.82, 2.24) is 19.8 Å². The zero-order valence-corrected chi connectivity index (χ0v) is 14.2. The van der Waals surface area contributed by atoms with Crippen LogP contribution < -0.4 is 5.56 Å². The van der Waals surface area contributed by atoms with Crippen LogP contribution >= 0.6 is 0 Å². The smallest absolute Gasteiger partial charge is 0.407 e. The zero-order chi connectivity index (χ0) is 18.8. The summed E-state index contributed by atoms with van der Waals surface area (Å²) >= 11 is 0. The topological polar surface area (TPSA) is 107 Å². The first kappa shape index (κ1) is 17.8. The number of nitrogens with one attached hydrogen (secondary N) is 1. The van der Waals surface area contributed by atoms with E-state index in [4.69, 9.17) is 5.11 Å². The Morgan fingerprint density at radius 1 is 1.38 bits per heavy atom. The lowest BCUT2D eigenvalue weighted by Crippen LogP contribution is -2.55. The molecular weight excluding hydrogens is 343 g/mol. The average Bonchev–Trinajstić information content (AvgIpc) is 2.60. The van der Waals surface area contributed by atoms with E-state index in [1.165, 1.54) is 17.0 Å². The summed E-state index contributed by atoms with van der Waals surface area (Å²) in [6, 6.07) is 3.57. The third-order valence-electron chi connectivity index (χ3n) is 4.51. The number of aryl methyl sites for hydroxylation is 1. The summed E-state index contributed by atoms with van der Waals surface area (Å²) in [5.74, 6) is -0.272. The van der Waals surface area contributed by atoms with E-state index < -0.39 is 17.5 Å². The highest BCUT2D eigenvalue weighted by atomic mass is 19.1. The van der Waals surface area contributed by atoms with Gasteiger partial charge in [-0.3, -0.25) is 9.59 Å². The summed E-state index contributed by atoms with van der Waals surface area (Å²) in [6.45, 7) is 2.70. The third kappa shape index (κ3) is 3.66. The fraction of sp³-hybridized carbons (Fsp3) is 0.412. The molecule has 2 N–H and O–H groups in total. The summed E-state index contributed by atoms with van der Waals surface area (Å²) < 4.78 is 13.2. The molecule has 1 aliphatic rings. The number of fused-ring (bicyclic) bond motifs is 1. The van der Waals surface area contributed by atoms with Crippen LogP contribution in [0.25, 0.3) is 10.9 Å². The Bertz CT molecular complexity index is 913. The number of aromatic amines is 1. The normalized spacial score (nSPS) is 17.5. The number of hydrogen-bond acceptors (Lipinski definition) is 4. The van der Waals surface area contributed by atoms with Crippen molar-refractivity contribution in [1.29, 1.82) is 0 Å². The standard InChI is InChI=1S/C17H19FN4O4/c1-10-9-21(17(25)26)6-7-22(10)15(23)5-4-14-19-13-3-2-11(18)8-12(13)16(24)20-14/h2-3,8,10H,4-7,9H2,1H3,(H,25,26)(H,19,20,24)/t10-/m0/s1. The van der Waals surface area contributed by atoms with Crippen LogP contribution in [0.5, 0.6) is 0 Å². The Hall–Kier alpha value is -2.97. The fourth-order valence-corrected chi connectivity index (χ4v) is 3.15. The van der Waals surface area contributed by atoms with E-state index in [1.54, 1.807) is 11.8 Å². The molecule has 0 radical (unpaired) electrons. The number of carboxylic acid groups (broad SMARTS) is 1. The number of piperazine rings is 1. The molecule has 1 aromatic carbocycles. The molecular formula is C17H19FN4O4. The number of H-pyrrole nitrogens is 1. The highest BCUT2D eigenvalue weighted by Gasteiger charge is 2.29. The van der Waals surface area contributed by atoms with Crippen LogP contribution in [0.1, 0.15) is 19.2 Å². The van der Waals surface area contributed by atoms with E-state index in [-0.39, 0.29) is 43.3 Å². The van der Waals surface area contributed by atoms with Crippen molar-refractivity contribution in [3.63, 3.8) is 0 Å². The lowest BCUT2D eigenvalue weighted by atomic mass is 10.1. The minimum atomic E-state index is -0.988. The third-order valence-corrected chi connectivity index (χ3v) is 4.51. The number of carbonyl (C=O) groups is 2. The number of hydrogen-bond donors (Lipinski definition) is 2. The van der Waals surface area contributed by atoms with Gasteiger partial charge in [0.05, 0.1) is 10.9 Å². The van der Waals surface area contributed by atoms with Crippen molar-refractivity contribution < 1.29 is 19.1 Å². The first-order chi connectivity index (χ1) is 12.3. The molecule has 2 amide bonds. The van der Waals surface area contributed by atoms with Crippen LogP contribution in [0.3, 0.4) is 0 Å². The van der Waals surface area contributed by atoms with Crippen molar-refractivity contribution in [2.75, 3.05) is 19.6 Å². The Morgan fingerprint density at radius 2 is 2.15 bits per heavy atom. The molecule has 2 aromatic rings. The van der Waals surface area contributed by atoms with Crippen molar-refractivity contribution >= 4 is 22.9 Å². The maximum Gasteiger partial charge on any atom is 0.407 e. The van der Waals surface area contributed by atoms with Gasteiger partial charge in [0.15, 0.2) is 0 Å². The summed E-state index contributed by atoms with van der Waals surface area (Å²) in [6.07, 6.45) is -0.598. The van der Waals surface area contributed by atoms with Crippen LogP contribution in [0.4, 0.5) is 9.18 Å². The van der Waals surface area contributed by atoms with Gasteiger partial charge in [-0.15, -0.1) is 0 Å². The molecule has 0 unspecified atom stereocenters. The predicted molar refractivity (Wildman–Crippen MR) is 91.4 cm³/mol. The number of amides is 2. The maximum atomic E-state index is 13.2. The minimum Gasteiger partial charge on any atom is -0.465 e.